The van der Waals surface area contributed by atoms with E-state index < -0.39 is 24.3 Å². The molecule has 0 aliphatic heterocycles. The zero-order valence-corrected chi connectivity index (χ0v) is 11.2. The van der Waals surface area contributed by atoms with Crippen LogP contribution in [0.1, 0.15) is 28.4 Å². The summed E-state index contributed by atoms with van der Waals surface area (Å²) in [5.74, 6) is -0.623. The van der Waals surface area contributed by atoms with Gasteiger partial charge in [0.1, 0.15) is 18.1 Å². The van der Waals surface area contributed by atoms with Crippen LogP contribution in [0.15, 0.2) is 18.2 Å². The number of aliphatic hydroxyl groups excluding tert-OH is 2. The zero-order valence-electron chi connectivity index (χ0n) is 11.2. The summed E-state index contributed by atoms with van der Waals surface area (Å²) in [6, 6.07) is 3.04. The van der Waals surface area contributed by atoms with Crippen LogP contribution in [0.3, 0.4) is 0 Å². The Balaban J connectivity index is 3.00. The van der Waals surface area contributed by atoms with Crippen LogP contribution in [0.25, 0.3) is 0 Å². The second-order valence-electron chi connectivity index (χ2n) is 4.41. The molecule has 2 atom stereocenters. The van der Waals surface area contributed by atoms with E-state index in [2.05, 4.69) is 10.1 Å². The summed E-state index contributed by atoms with van der Waals surface area (Å²) in [4.78, 5) is 10.8. The number of hydrogen-bond acceptors (Lipinski definition) is 5. The Morgan fingerprint density at radius 3 is 2.52 bits per heavy atom. The number of nitrogens with one attached hydrogen (secondary N) is 1. The molecule has 0 bridgehead atoms. The highest BCUT2D eigenvalue weighted by Gasteiger charge is 2.31. The molecule has 0 saturated heterocycles. The molecule has 0 saturated carbocycles. The number of hydrogen-bond donors (Lipinski definition) is 3. The molecule has 0 spiro atoms. The summed E-state index contributed by atoms with van der Waals surface area (Å²) >= 11 is 0. The second kappa shape index (κ2) is 7.39. The monoisotopic (exact) mass is 307 g/mol. The van der Waals surface area contributed by atoms with Crippen LogP contribution in [0.5, 0.6) is 5.75 Å². The van der Waals surface area contributed by atoms with Gasteiger partial charge in [0.15, 0.2) is 0 Å². The number of rotatable bonds is 7. The first-order valence-corrected chi connectivity index (χ1v) is 6.13. The maximum absolute atomic E-state index is 12.2. The zero-order chi connectivity index (χ0) is 16.0. The molecule has 1 aromatic rings. The smallest absolute Gasteiger partial charge is 0.406 e. The molecule has 0 aromatic heterocycles. The number of carbonyl (C=O) groups is 1. The van der Waals surface area contributed by atoms with Gasteiger partial charge in [0, 0.05) is 5.56 Å². The van der Waals surface area contributed by atoms with Crippen molar-refractivity contribution in [2.75, 3.05) is 13.6 Å². The minimum atomic E-state index is -4.91. The average Bonchev–Trinajstić information content (AvgIpc) is 2.41. The summed E-state index contributed by atoms with van der Waals surface area (Å²) in [6.07, 6.45) is -6.99. The standard InChI is InChI=1S/C13H16F3NO4/c1-17-3-2-11(19)12(20)9-4-8(7-18)5-10(6-9)21-13(14,15)16/h4-7,11-12,17,19-20H,2-3H2,1H3. The average molecular weight is 307 g/mol. The highest BCUT2D eigenvalue weighted by atomic mass is 19.4. The van der Waals surface area contributed by atoms with Gasteiger partial charge in [-0.3, -0.25) is 4.79 Å². The van der Waals surface area contributed by atoms with E-state index >= 15 is 0 Å². The highest BCUT2D eigenvalue weighted by molar-refractivity contribution is 5.76. The van der Waals surface area contributed by atoms with Crippen molar-refractivity contribution < 1.29 is 32.9 Å². The van der Waals surface area contributed by atoms with E-state index in [1.165, 1.54) is 6.07 Å². The van der Waals surface area contributed by atoms with Gasteiger partial charge in [0.25, 0.3) is 0 Å². The molecule has 21 heavy (non-hydrogen) atoms. The van der Waals surface area contributed by atoms with E-state index in [-0.39, 0.29) is 17.5 Å². The quantitative estimate of drug-likeness (QED) is 0.664. The van der Waals surface area contributed by atoms with Gasteiger partial charge in [-0.25, -0.2) is 0 Å². The molecular weight excluding hydrogens is 291 g/mol. The van der Waals surface area contributed by atoms with Gasteiger partial charge < -0.3 is 20.3 Å². The third-order valence-electron chi connectivity index (χ3n) is 2.72. The summed E-state index contributed by atoms with van der Waals surface area (Å²) < 4.78 is 40.3. The first kappa shape index (κ1) is 17.4. The van der Waals surface area contributed by atoms with Crippen LogP contribution in [-0.2, 0) is 0 Å². The molecular formula is C13H16F3NO4. The fourth-order valence-electron chi connectivity index (χ4n) is 1.75. The van der Waals surface area contributed by atoms with Crippen LogP contribution in [0, 0.1) is 0 Å². The van der Waals surface area contributed by atoms with Crippen molar-refractivity contribution in [2.24, 2.45) is 0 Å². The number of ether oxygens (including phenoxy) is 1. The van der Waals surface area contributed by atoms with Crippen molar-refractivity contribution >= 4 is 6.29 Å². The maximum Gasteiger partial charge on any atom is 0.573 e. The molecule has 0 heterocycles. The number of aliphatic hydroxyl groups is 2. The predicted molar refractivity (Wildman–Crippen MR) is 68.0 cm³/mol. The van der Waals surface area contributed by atoms with Gasteiger partial charge in [-0.1, -0.05) is 0 Å². The fourth-order valence-corrected chi connectivity index (χ4v) is 1.75. The molecule has 2 unspecified atom stereocenters. The van der Waals surface area contributed by atoms with Crippen LogP contribution < -0.4 is 10.1 Å². The summed E-state index contributed by atoms with van der Waals surface area (Å²) in [5, 5.41) is 22.4. The van der Waals surface area contributed by atoms with Gasteiger partial charge >= 0.3 is 6.36 Å². The van der Waals surface area contributed by atoms with E-state index in [4.69, 9.17) is 0 Å². The lowest BCUT2D eigenvalue weighted by molar-refractivity contribution is -0.274. The molecule has 5 nitrogen and oxygen atoms in total. The molecule has 0 fully saturated rings. The van der Waals surface area contributed by atoms with E-state index in [0.29, 0.717) is 12.8 Å². The Kier molecular flexibility index (Phi) is 6.13. The van der Waals surface area contributed by atoms with Crippen molar-refractivity contribution in [3.05, 3.63) is 29.3 Å². The number of alkyl halides is 3. The van der Waals surface area contributed by atoms with E-state index in [0.717, 1.165) is 12.1 Å². The SMILES string of the molecule is CNCCC(O)C(O)c1cc(C=O)cc(OC(F)(F)F)c1. The van der Waals surface area contributed by atoms with Crippen LogP contribution in [-0.4, -0.2) is 42.6 Å². The Bertz CT molecular complexity index is 479. The van der Waals surface area contributed by atoms with Crippen molar-refractivity contribution in [3.63, 3.8) is 0 Å². The van der Waals surface area contributed by atoms with Crippen molar-refractivity contribution in [2.45, 2.75) is 25.0 Å². The molecule has 3 N–H and O–H groups in total. The molecule has 0 aliphatic carbocycles. The Morgan fingerprint density at radius 2 is 2.00 bits per heavy atom. The molecule has 0 radical (unpaired) electrons. The maximum atomic E-state index is 12.2. The minimum absolute atomic E-state index is 0.0255. The second-order valence-corrected chi connectivity index (χ2v) is 4.41. The van der Waals surface area contributed by atoms with Crippen LogP contribution in [0.2, 0.25) is 0 Å². The molecule has 0 aliphatic rings. The lowest BCUT2D eigenvalue weighted by atomic mass is 10.00. The van der Waals surface area contributed by atoms with Crippen molar-refractivity contribution in [1.29, 1.82) is 0 Å². The third kappa shape index (κ3) is 5.70. The van der Waals surface area contributed by atoms with E-state index in [1.54, 1.807) is 7.05 Å². The largest absolute Gasteiger partial charge is 0.573 e. The lowest BCUT2D eigenvalue weighted by Crippen LogP contribution is -2.23. The Morgan fingerprint density at radius 1 is 1.33 bits per heavy atom. The molecule has 1 aromatic carbocycles. The first-order chi connectivity index (χ1) is 9.76. The number of carbonyl (C=O) groups excluding carboxylic acids is 1. The van der Waals surface area contributed by atoms with Gasteiger partial charge in [-0.05, 0) is 43.8 Å². The summed E-state index contributed by atoms with van der Waals surface area (Å²) in [5.41, 5.74) is -0.117. The summed E-state index contributed by atoms with van der Waals surface area (Å²) in [7, 11) is 1.65. The van der Waals surface area contributed by atoms with Crippen molar-refractivity contribution in [1.82, 2.24) is 5.32 Å². The highest BCUT2D eigenvalue weighted by Crippen LogP contribution is 2.28. The number of aldehydes is 1. The summed E-state index contributed by atoms with van der Waals surface area (Å²) in [6.45, 7) is 0.414. The van der Waals surface area contributed by atoms with E-state index in [9.17, 15) is 28.2 Å². The van der Waals surface area contributed by atoms with Crippen molar-refractivity contribution in [3.8, 4) is 5.75 Å². The lowest BCUT2D eigenvalue weighted by Gasteiger charge is -2.19. The Labute approximate surface area is 119 Å². The van der Waals surface area contributed by atoms with Crippen LogP contribution in [0.4, 0.5) is 13.2 Å². The molecule has 118 valence electrons. The minimum Gasteiger partial charge on any atom is -0.406 e. The number of halogens is 3. The first-order valence-electron chi connectivity index (χ1n) is 6.13. The van der Waals surface area contributed by atoms with Gasteiger partial charge in [-0.15, -0.1) is 13.2 Å². The molecule has 0 amide bonds. The predicted octanol–water partition coefficient (Wildman–Crippen LogP) is 1.40. The Hall–Kier alpha value is -1.64. The normalized spacial score (nSPS) is 14.6. The van der Waals surface area contributed by atoms with Gasteiger partial charge in [-0.2, -0.15) is 0 Å². The topological polar surface area (TPSA) is 78.8 Å². The van der Waals surface area contributed by atoms with Gasteiger partial charge in [0.05, 0.1) is 6.10 Å². The molecule has 8 heteroatoms. The van der Waals surface area contributed by atoms with E-state index in [1.807, 2.05) is 0 Å². The fraction of sp³-hybridized carbons (Fsp3) is 0.462. The third-order valence-corrected chi connectivity index (χ3v) is 2.72. The van der Waals surface area contributed by atoms with Gasteiger partial charge in [0.2, 0.25) is 0 Å². The number of benzene rings is 1. The molecule has 1 rings (SSSR count). The van der Waals surface area contributed by atoms with Crippen LogP contribution >= 0.6 is 0 Å².